The highest BCUT2D eigenvalue weighted by atomic mass is 35.5. The molecule has 160 valence electrons. The second-order valence-corrected chi connectivity index (χ2v) is 6.40. The van der Waals surface area contributed by atoms with Gasteiger partial charge >= 0.3 is 11.9 Å². The summed E-state index contributed by atoms with van der Waals surface area (Å²) in [7, 11) is 0. The number of hydrogen-bond acceptors (Lipinski definition) is 7. The van der Waals surface area contributed by atoms with E-state index in [-0.39, 0.29) is 22.9 Å². The molecule has 0 saturated carbocycles. The highest BCUT2D eigenvalue weighted by Gasteiger charge is 2.30. The van der Waals surface area contributed by atoms with Crippen LogP contribution in [-0.2, 0) is 6.18 Å². The molecule has 13 heteroatoms. The molecule has 1 heterocycles. The summed E-state index contributed by atoms with van der Waals surface area (Å²) < 4.78 is 38.0. The summed E-state index contributed by atoms with van der Waals surface area (Å²) in [5.41, 5.74) is 3.48. The molecule has 1 aromatic heterocycles. The van der Waals surface area contributed by atoms with Gasteiger partial charge in [-0.3, -0.25) is 25.8 Å². The van der Waals surface area contributed by atoms with E-state index in [1.54, 1.807) is 0 Å². The van der Waals surface area contributed by atoms with Gasteiger partial charge in [-0.15, -0.1) is 0 Å². The van der Waals surface area contributed by atoms with Gasteiger partial charge < -0.3 is 5.32 Å². The van der Waals surface area contributed by atoms with E-state index < -0.39 is 28.3 Å². The number of anilines is 3. The average Bonchev–Trinajstić information content (AvgIpc) is 2.72. The largest absolute Gasteiger partial charge is 0.416 e. The second-order valence-electron chi connectivity index (χ2n) is 5.96. The van der Waals surface area contributed by atoms with Gasteiger partial charge in [-0.25, -0.2) is 9.97 Å². The van der Waals surface area contributed by atoms with E-state index in [1.165, 1.54) is 24.3 Å². The van der Waals surface area contributed by atoms with E-state index in [2.05, 4.69) is 26.1 Å². The van der Waals surface area contributed by atoms with Crippen molar-refractivity contribution in [3.63, 3.8) is 0 Å². The minimum absolute atomic E-state index is 0.131. The number of hydrogen-bond donors (Lipinski definition) is 3. The quantitative estimate of drug-likeness (QED) is 0.370. The van der Waals surface area contributed by atoms with E-state index in [1.807, 2.05) is 0 Å². The molecule has 0 aliphatic heterocycles. The lowest BCUT2D eigenvalue weighted by Crippen LogP contribution is -2.30. The lowest BCUT2D eigenvalue weighted by molar-refractivity contribution is -0.383. The van der Waals surface area contributed by atoms with Gasteiger partial charge in [0.05, 0.1) is 10.5 Å². The SMILES string of the molecule is O=C(NNc1ncnc(Nc2ccc(C(F)(F)F)cc2)c1[N+](=O)[O-])c1ccc(Cl)cc1. The Morgan fingerprint density at radius 2 is 1.61 bits per heavy atom. The van der Waals surface area contributed by atoms with Gasteiger partial charge in [0.15, 0.2) is 0 Å². The molecule has 0 aliphatic carbocycles. The molecule has 0 radical (unpaired) electrons. The number of nitrogens with one attached hydrogen (secondary N) is 3. The van der Waals surface area contributed by atoms with Gasteiger partial charge in [-0.2, -0.15) is 13.2 Å². The zero-order valence-corrected chi connectivity index (χ0v) is 16.0. The van der Waals surface area contributed by atoms with Crippen LogP contribution < -0.4 is 16.2 Å². The molecule has 3 rings (SSSR count). The fourth-order valence-electron chi connectivity index (χ4n) is 2.40. The summed E-state index contributed by atoms with van der Waals surface area (Å²) in [5, 5.41) is 14.5. The molecular weight excluding hydrogens is 441 g/mol. The fraction of sp³-hybridized carbons (Fsp3) is 0.0556. The third-order valence-corrected chi connectivity index (χ3v) is 4.13. The molecule has 1 amide bonds. The van der Waals surface area contributed by atoms with Crippen molar-refractivity contribution in [2.75, 3.05) is 10.7 Å². The number of alkyl halides is 3. The molecule has 0 fully saturated rings. The van der Waals surface area contributed by atoms with E-state index in [0.717, 1.165) is 30.6 Å². The molecule has 0 saturated heterocycles. The van der Waals surface area contributed by atoms with Crippen LogP contribution in [0.3, 0.4) is 0 Å². The van der Waals surface area contributed by atoms with Gasteiger partial charge in [0.25, 0.3) is 5.91 Å². The van der Waals surface area contributed by atoms with Crippen molar-refractivity contribution in [1.82, 2.24) is 15.4 Å². The highest BCUT2D eigenvalue weighted by Crippen LogP contribution is 2.33. The Kier molecular flexibility index (Phi) is 6.20. The number of hydrazine groups is 1. The normalized spacial score (nSPS) is 11.0. The summed E-state index contributed by atoms with van der Waals surface area (Å²) in [6.45, 7) is 0. The number of nitro groups is 1. The molecule has 9 nitrogen and oxygen atoms in total. The summed E-state index contributed by atoms with van der Waals surface area (Å²) in [6, 6.07) is 9.73. The van der Waals surface area contributed by atoms with Gasteiger partial charge in [-0.1, -0.05) is 11.6 Å². The summed E-state index contributed by atoms with van der Waals surface area (Å²) >= 11 is 5.76. The maximum Gasteiger partial charge on any atom is 0.416 e. The second kappa shape index (κ2) is 8.83. The molecule has 0 atom stereocenters. The Bertz CT molecular complexity index is 1110. The Morgan fingerprint density at radius 1 is 1.00 bits per heavy atom. The number of benzene rings is 2. The molecule has 0 bridgehead atoms. The first-order valence-corrected chi connectivity index (χ1v) is 8.78. The van der Waals surface area contributed by atoms with Crippen molar-refractivity contribution in [3.05, 3.63) is 81.1 Å². The zero-order chi connectivity index (χ0) is 22.6. The number of carbonyl (C=O) groups excluding carboxylic acids is 1. The van der Waals surface area contributed by atoms with Crippen LogP contribution in [0.15, 0.2) is 54.9 Å². The van der Waals surface area contributed by atoms with E-state index in [4.69, 9.17) is 11.6 Å². The standard InChI is InChI=1S/C18H12ClF3N6O3/c19-12-5-1-10(2-6-12)17(29)27-26-16-14(28(30)31)15(23-9-24-16)25-13-7-3-11(4-8-13)18(20,21)22/h1-9H,(H,27,29)(H2,23,24,25,26). The monoisotopic (exact) mass is 452 g/mol. The van der Waals surface area contributed by atoms with Crippen molar-refractivity contribution in [3.8, 4) is 0 Å². The Labute approximate surface area is 177 Å². The first-order chi connectivity index (χ1) is 14.6. The number of rotatable bonds is 6. The zero-order valence-electron chi connectivity index (χ0n) is 15.3. The highest BCUT2D eigenvalue weighted by molar-refractivity contribution is 6.30. The molecule has 3 aromatic rings. The number of amides is 1. The fourth-order valence-corrected chi connectivity index (χ4v) is 2.53. The van der Waals surface area contributed by atoms with E-state index in [9.17, 15) is 28.1 Å². The van der Waals surface area contributed by atoms with Crippen LogP contribution in [0.5, 0.6) is 0 Å². The van der Waals surface area contributed by atoms with Crippen LogP contribution in [0.1, 0.15) is 15.9 Å². The summed E-state index contributed by atoms with van der Waals surface area (Å²) in [6.07, 6.45) is -3.53. The third kappa shape index (κ3) is 5.36. The van der Waals surface area contributed by atoms with Gasteiger partial charge in [0.1, 0.15) is 6.33 Å². The number of carbonyl (C=O) groups is 1. The van der Waals surface area contributed by atoms with Crippen molar-refractivity contribution < 1.29 is 22.9 Å². The van der Waals surface area contributed by atoms with E-state index in [0.29, 0.717) is 5.02 Å². The minimum Gasteiger partial charge on any atom is -0.334 e. The maximum absolute atomic E-state index is 12.7. The van der Waals surface area contributed by atoms with Crippen molar-refractivity contribution in [2.45, 2.75) is 6.18 Å². The molecule has 0 unspecified atom stereocenters. The van der Waals surface area contributed by atoms with Gasteiger partial charge in [0.2, 0.25) is 11.6 Å². The van der Waals surface area contributed by atoms with E-state index >= 15 is 0 Å². The predicted molar refractivity (Wildman–Crippen MR) is 106 cm³/mol. The number of nitrogens with zero attached hydrogens (tertiary/aromatic N) is 3. The molecule has 0 spiro atoms. The topological polar surface area (TPSA) is 122 Å². The summed E-state index contributed by atoms with van der Waals surface area (Å²) in [5.74, 6) is -1.23. The van der Waals surface area contributed by atoms with Gasteiger partial charge in [-0.05, 0) is 48.5 Å². The minimum atomic E-state index is -4.52. The first-order valence-electron chi connectivity index (χ1n) is 8.41. The van der Waals surface area contributed by atoms with Gasteiger partial charge in [0, 0.05) is 16.3 Å². The molecule has 2 aromatic carbocycles. The molecule has 3 N–H and O–H groups in total. The van der Waals surface area contributed by atoms with Crippen molar-refractivity contribution in [2.24, 2.45) is 0 Å². The lowest BCUT2D eigenvalue weighted by Gasteiger charge is -2.12. The van der Waals surface area contributed by atoms with Crippen molar-refractivity contribution in [1.29, 1.82) is 0 Å². The van der Waals surface area contributed by atoms with Crippen LogP contribution in [0.25, 0.3) is 0 Å². The summed E-state index contributed by atoms with van der Waals surface area (Å²) in [4.78, 5) is 30.4. The number of aromatic nitrogens is 2. The Balaban J connectivity index is 1.80. The smallest absolute Gasteiger partial charge is 0.334 e. The third-order valence-electron chi connectivity index (χ3n) is 3.88. The van der Waals surface area contributed by atoms with Crippen LogP contribution in [0, 0.1) is 10.1 Å². The number of halogens is 4. The maximum atomic E-state index is 12.7. The van der Waals surface area contributed by atoms with Crippen LogP contribution in [-0.4, -0.2) is 20.8 Å². The van der Waals surface area contributed by atoms with Crippen LogP contribution in [0.4, 0.5) is 36.2 Å². The van der Waals surface area contributed by atoms with Crippen LogP contribution in [0.2, 0.25) is 5.02 Å². The Hall–Kier alpha value is -3.93. The average molecular weight is 453 g/mol. The van der Waals surface area contributed by atoms with Crippen LogP contribution >= 0.6 is 11.6 Å². The first kappa shape index (κ1) is 21.8. The molecular formula is C18H12ClF3N6O3. The lowest BCUT2D eigenvalue weighted by atomic mass is 10.2. The predicted octanol–water partition coefficient (Wildman–Crippen LogP) is 4.56. The van der Waals surface area contributed by atoms with Crippen molar-refractivity contribution >= 4 is 40.5 Å². The molecule has 0 aliphatic rings. The molecule has 31 heavy (non-hydrogen) atoms. The Morgan fingerprint density at radius 3 is 2.19 bits per heavy atom.